The van der Waals surface area contributed by atoms with Gasteiger partial charge in [-0.05, 0) is 12.5 Å². The van der Waals surface area contributed by atoms with Crippen LogP contribution < -0.4 is 0 Å². The second-order valence-electron chi connectivity index (χ2n) is 5.22. The molecule has 0 radical (unpaired) electrons. The lowest BCUT2D eigenvalue weighted by Crippen LogP contribution is -2.43. The number of hydrogen-bond acceptors (Lipinski definition) is 6. The number of nitro groups is 1. The fraction of sp³-hybridized carbons (Fsp3) is 0.429. The molecule has 0 bridgehead atoms. The number of aliphatic carboxylic acids is 1. The summed E-state index contributed by atoms with van der Waals surface area (Å²) in [6.45, 7) is 0.831. The molecule has 0 saturated heterocycles. The van der Waals surface area contributed by atoms with Gasteiger partial charge in [0.2, 0.25) is 15.9 Å². The lowest BCUT2D eigenvalue weighted by molar-refractivity contribution is -0.385. The fourth-order valence-corrected chi connectivity index (χ4v) is 3.20. The third kappa shape index (κ3) is 5.50. The van der Waals surface area contributed by atoms with Crippen LogP contribution in [0.15, 0.2) is 29.2 Å². The number of nitrogens with zero attached hydrogens (tertiary/aromatic N) is 3. The van der Waals surface area contributed by atoms with E-state index in [0.29, 0.717) is 6.42 Å². The zero-order valence-corrected chi connectivity index (χ0v) is 14.6. The lowest BCUT2D eigenvalue weighted by atomic mass is 10.3. The number of rotatable bonds is 9. The maximum atomic E-state index is 12.5. The van der Waals surface area contributed by atoms with Crippen LogP contribution in [-0.2, 0) is 19.6 Å². The lowest BCUT2D eigenvalue weighted by Gasteiger charge is -2.23. The molecule has 11 heteroatoms. The minimum absolute atomic E-state index is 0.176. The molecule has 25 heavy (non-hydrogen) atoms. The third-order valence-corrected chi connectivity index (χ3v) is 5.07. The van der Waals surface area contributed by atoms with Crippen LogP contribution in [-0.4, -0.2) is 66.2 Å². The first-order valence-electron chi connectivity index (χ1n) is 7.30. The summed E-state index contributed by atoms with van der Waals surface area (Å²) >= 11 is 0. The summed E-state index contributed by atoms with van der Waals surface area (Å²) in [7, 11) is -2.98. The van der Waals surface area contributed by atoms with Crippen LogP contribution in [0.25, 0.3) is 0 Å². The van der Waals surface area contributed by atoms with Gasteiger partial charge < -0.3 is 10.0 Å². The molecular weight excluding hydrogens is 354 g/mol. The number of carboxylic acids is 1. The smallest absolute Gasteiger partial charge is 0.323 e. The topological polar surface area (TPSA) is 138 Å². The van der Waals surface area contributed by atoms with Gasteiger partial charge in [-0.1, -0.05) is 13.0 Å². The zero-order valence-electron chi connectivity index (χ0n) is 13.8. The summed E-state index contributed by atoms with van der Waals surface area (Å²) in [6.07, 6.45) is 0.514. The van der Waals surface area contributed by atoms with E-state index in [0.717, 1.165) is 28.4 Å². The number of benzene rings is 1. The average molecular weight is 373 g/mol. The highest BCUT2D eigenvalue weighted by Gasteiger charge is 2.27. The van der Waals surface area contributed by atoms with Crippen LogP contribution in [0.3, 0.4) is 0 Å². The Morgan fingerprint density at radius 3 is 2.44 bits per heavy atom. The molecule has 0 aromatic heterocycles. The molecule has 1 amide bonds. The molecule has 0 aliphatic rings. The van der Waals surface area contributed by atoms with Crippen molar-refractivity contribution in [2.45, 2.75) is 18.2 Å². The molecule has 0 aliphatic carbocycles. The average Bonchev–Trinajstić information content (AvgIpc) is 2.53. The van der Waals surface area contributed by atoms with Crippen molar-refractivity contribution in [2.24, 2.45) is 0 Å². The first kappa shape index (κ1) is 20.5. The Hall–Kier alpha value is -2.53. The molecule has 0 fully saturated rings. The molecule has 0 spiro atoms. The fourth-order valence-electron chi connectivity index (χ4n) is 2.04. The molecule has 0 aliphatic heterocycles. The minimum Gasteiger partial charge on any atom is -0.480 e. The van der Waals surface area contributed by atoms with Crippen LogP contribution in [0.5, 0.6) is 0 Å². The number of sulfonamides is 1. The van der Waals surface area contributed by atoms with Gasteiger partial charge in [0.15, 0.2) is 0 Å². The molecule has 0 heterocycles. The molecule has 0 saturated carbocycles. The van der Waals surface area contributed by atoms with E-state index in [2.05, 4.69) is 0 Å². The summed E-state index contributed by atoms with van der Waals surface area (Å²) in [5.41, 5.74) is -0.390. The first-order valence-corrected chi connectivity index (χ1v) is 8.74. The summed E-state index contributed by atoms with van der Waals surface area (Å²) in [5, 5.41) is 19.6. The predicted octanol–water partition coefficient (Wildman–Crippen LogP) is 0.539. The van der Waals surface area contributed by atoms with Crippen molar-refractivity contribution >= 4 is 27.6 Å². The van der Waals surface area contributed by atoms with E-state index in [1.165, 1.54) is 12.1 Å². The second kappa shape index (κ2) is 8.53. The molecule has 10 nitrogen and oxygen atoms in total. The van der Waals surface area contributed by atoms with E-state index in [1.54, 1.807) is 6.92 Å². The Balaban J connectivity index is 2.98. The van der Waals surface area contributed by atoms with Gasteiger partial charge in [-0.25, -0.2) is 8.42 Å². The van der Waals surface area contributed by atoms with Crippen LogP contribution >= 0.6 is 0 Å². The number of amides is 1. The predicted molar refractivity (Wildman–Crippen MR) is 87.4 cm³/mol. The highest BCUT2D eigenvalue weighted by atomic mass is 32.2. The van der Waals surface area contributed by atoms with Crippen molar-refractivity contribution in [1.29, 1.82) is 0 Å². The Kier molecular flexibility index (Phi) is 7.00. The Morgan fingerprint density at radius 1 is 1.28 bits per heavy atom. The standard InChI is InChI=1S/C14H19N3O7S/c1-3-7-16(10-14(19)20)13(18)9-15(2)25(23,24)12-6-4-5-11(8-12)17(21)22/h4-6,8H,3,7,9-10H2,1-2H3,(H,19,20). The van der Waals surface area contributed by atoms with E-state index in [-0.39, 0.29) is 17.1 Å². The number of carbonyl (C=O) groups is 2. The second-order valence-corrected chi connectivity index (χ2v) is 7.27. The summed E-state index contributed by atoms with van der Waals surface area (Å²) < 4.78 is 25.7. The van der Waals surface area contributed by atoms with E-state index in [9.17, 15) is 28.1 Å². The third-order valence-electron chi connectivity index (χ3n) is 3.27. The van der Waals surface area contributed by atoms with Gasteiger partial charge in [0.25, 0.3) is 5.69 Å². The molecule has 1 rings (SSSR count). The molecule has 138 valence electrons. The number of non-ortho nitro benzene ring substituents is 1. The van der Waals surface area contributed by atoms with Gasteiger partial charge in [0, 0.05) is 25.7 Å². The van der Waals surface area contributed by atoms with Crippen molar-refractivity contribution in [1.82, 2.24) is 9.21 Å². The zero-order chi connectivity index (χ0) is 19.2. The van der Waals surface area contributed by atoms with Crippen LogP contribution in [0, 0.1) is 10.1 Å². The van der Waals surface area contributed by atoms with E-state index < -0.39 is 39.9 Å². The molecule has 1 aromatic rings. The Morgan fingerprint density at radius 2 is 1.92 bits per heavy atom. The number of likely N-dealkylation sites (N-methyl/N-ethyl adjacent to an activating group) is 1. The normalized spacial score (nSPS) is 11.3. The van der Waals surface area contributed by atoms with Crippen molar-refractivity contribution in [3.63, 3.8) is 0 Å². The van der Waals surface area contributed by atoms with E-state index in [4.69, 9.17) is 5.11 Å². The number of nitro benzene ring substituents is 1. The maximum absolute atomic E-state index is 12.5. The number of carbonyl (C=O) groups excluding carboxylic acids is 1. The van der Waals surface area contributed by atoms with Crippen LogP contribution in [0.2, 0.25) is 0 Å². The largest absolute Gasteiger partial charge is 0.480 e. The molecule has 0 unspecified atom stereocenters. The van der Waals surface area contributed by atoms with Crippen molar-refractivity contribution < 1.29 is 28.0 Å². The van der Waals surface area contributed by atoms with Crippen LogP contribution in [0.4, 0.5) is 5.69 Å². The monoisotopic (exact) mass is 373 g/mol. The Labute approximate surface area is 144 Å². The van der Waals surface area contributed by atoms with Gasteiger partial charge in [0.1, 0.15) is 6.54 Å². The summed E-state index contributed by atoms with van der Waals surface area (Å²) in [4.78, 5) is 33.8. The molecule has 1 aromatic carbocycles. The maximum Gasteiger partial charge on any atom is 0.323 e. The summed E-state index contributed by atoms with van der Waals surface area (Å²) in [6, 6.07) is 4.47. The van der Waals surface area contributed by atoms with Gasteiger partial charge in [0.05, 0.1) is 16.4 Å². The molecular formula is C14H19N3O7S. The number of carboxylic acid groups (broad SMARTS) is 1. The van der Waals surface area contributed by atoms with Crippen molar-refractivity contribution in [3.8, 4) is 0 Å². The van der Waals surface area contributed by atoms with Crippen molar-refractivity contribution in [2.75, 3.05) is 26.7 Å². The quantitative estimate of drug-likeness (QED) is 0.492. The van der Waals surface area contributed by atoms with Gasteiger partial charge >= 0.3 is 5.97 Å². The molecule has 1 N–H and O–H groups in total. The Bertz CT molecular complexity index is 763. The van der Waals surface area contributed by atoms with Crippen LogP contribution in [0.1, 0.15) is 13.3 Å². The van der Waals surface area contributed by atoms with Gasteiger partial charge in [-0.3, -0.25) is 19.7 Å². The van der Waals surface area contributed by atoms with E-state index >= 15 is 0 Å². The first-order chi connectivity index (χ1) is 11.6. The number of hydrogen-bond donors (Lipinski definition) is 1. The molecule has 0 atom stereocenters. The van der Waals surface area contributed by atoms with Crippen molar-refractivity contribution in [3.05, 3.63) is 34.4 Å². The minimum atomic E-state index is -4.13. The SMILES string of the molecule is CCCN(CC(=O)O)C(=O)CN(C)S(=O)(=O)c1cccc([N+](=O)[O-])c1. The highest BCUT2D eigenvalue weighted by molar-refractivity contribution is 7.89. The highest BCUT2D eigenvalue weighted by Crippen LogP contribution is 2.20. The van der Waals surface area contributed by atoms with Gasteiger partial charge in [-0.2, -0.15) is 4.31 Å². The van der Waals surface area contributed by atoms with E-state index in [1.807, 2.05) is 0 Å². The summed E-state index contributed by atoms with van der Waals surface area (Å²) in [5.74, 6) is -1.87. The van der Waals surface area contributed by atoms with Gasteiger partial charge in [-0.15, -0.1) is 0 Å².